The Morgan fingerprint density at radius 1 is 1.41 bits per heavy atom. The van der Waals surface area contributed by atoms with Gasteiger partial charge in [-0.3, -0.25) is 4.99 Å². The van der Waals surface area contributed by atoms with Gasteiger partial charge in [0.25, 0.3) is 0 Å². The second kappa shape index (κ2) is 10.3. The molecule has 0 spiro atoms. The van der Waals surface area contributed by atoms with Crippen LogP contribution >= 0.6 is 51.2 Å². The van der Waals surface area contributed by atoms with Gasteiger partial charge >= 0.3 is 0 Å². The first kappa shape index (κ1) is 19.5. The summed E-state index contributed by atoms with van der Waals surface area (Å²) in [7, 11) is 2.06. The molecular formula is C15H21BrIN3OS. The van der Waals surface area contributed by atoms with Crippen molar-refractivity contribution in [1.29, 1.82) is 0 Å². The van der Waals surface area contributed by atoms with Crippen LogP contribution in [0.25, 0.3) is 0 Å². The summed E-state index contributed by atoms with van der Waals surface area (Å²) in [5, 5.41) is 3.33. The fourth-order valence-corrected chi connectivity index (χ4v) is 3.48. The van der Waals surface area contributed by atoms with Gasteiger partial charge in [-0.2, -0.15) is 0 Å². The van der Waals surface area contributed by atoms with Crippen LogP contribution < -0.4 is 5.32 Å². The lowest BCUT2D eigenvalue weighted by Gasteiger charge is -2.21. The lowest BCUT2D eigenvalue weighted by molar-refractivity contribution is 0.478. The Balaban J connectivity index is 0.00000242. The minimum atomic E-state index is 0. The van der Waals surface area contributed by atoms with Gasteiger partial charge in [0.05, 0.1) is 16.6 Å². The van der Waals surface area contributed by atoms with Gasteiger partial charge in [0.1, 0.15) is 5.76 Å². The van der Waals surface area contributed by atoms with Gasteiger partial charge in [0.15, 0.2) is 5.96 Å². The first-order valence-corrected chi connectivity index (χ1v) is 8.56. The highest BCUT2D eigenvalue weighted by molar-refractivity contribution is 14.0. The van der Waals surface area contributed by atoms with Crippen molar-refractivity contribution in [2.75, 3.05) is 20.1 Å². The molecule has 0 aromatic carbocycles. The Kier molecular flexibility index (Phi) is 9.11. The number of nitrogens with zero attached hydrogens (tertiary/aromatic N) is 2. The molecule has 7 heteroatoms. The molecule has 2 aromatic rings. The number of thiophene rings is 1. The van der Waals surface area contributed by atoms with E-state index >= 15 is 0 Å². The molecule has 4 nitrogen and oxygen atoms in total. The summed E-state index contributed by atoms with van der Waals surface area (Å²) < 4.78 is 6.49. The SMILES string of the molecule is CCNC(=NCCc1ccco1)N(C)Cc1ccc(Br)s1.I. The molecule has 1 N–H and O–H groups in total. The number of aliphatic imine (C=N–C) groups is 1. The average Bonchev–Trinajstić information content (AvgIpc) is 3.10. The van der Waals surface area contributed by atoms with Crippen LogP contribution in [0.4, 0.5) is 0 Å². The zero-order valence-corrected chi connectivity index (χ0v) is 17.4. The van der Waals surface area contributed by atoms with E-state index < -0.39 is 0 Å². The fourth-order valence-electron chi connectivity index (χ4n) is 1.94. The van der Waals surface area contributed by atoms with E-state index in [1.54, 1.807) is 17.6 Å². The molecule has 0 unspecified atom stereocenters. The van der Waals surface area contributed by atoms with Crippen LogP contribution in [-0.2, 0) is 13.0 Å². The normalized spacial score (nSPS) is 11.1. The molecule has 0 fully saturated rings. The highest BCUT2D eigenvalue weighted by Crippen LogP contribution is 2.22. The first-order valence-electron chi connectivity index (χ1n) is 6.95. The van der Waals surface area contributed by atoms with E-state index in [9.17, 15) is 0 Å². The third-order valence-corrected chi connectivity index (χ3v) is 4.53. The van der Waals surface area contributed by atoms with E-state index in [0.29, 0.717) is 6.54 Å². The topological polar surface area (TPSA) is 40.8 Å². The number of guanidine groups is 1. The predicted molar refractivity (Wildman–Crippen MR) is 107 cm³/mol. The van der Waals surface area contributed by atoms with Crippen molar-refractivity contribution in [2.24, 2.45) is 4.99 Å². The number of halogens is 2. The van der Waals surface area contributed by atoms with Crippen LogP contribution in [0.5, 0.6) is 0 Å². The zero-order valence-electron chi connectivity index (χ0n) is 12.7. The highest BCUT2D eigenvalue weighted by atomic mass is 127. The largest absolute Gasteiger partial charge is 0.469 e. The molecule has 0 saturated carbocycles. The minimum absolute atomic E-state index is 0. The van der Waals surface area contributed by atoms with E-state index in [2.05, 4.69) is 57.2 Å². The van der Waals surface area contributed by atoms with Crippen molar-refractivity contribution in [3.63, 3.8) is 0 Å². The zero-order chi connectivity index (χ0) is 15.1. The molecule has 2 heterocycles. The molecule has 0 aliphatic rings. The Morgan fingerprint density at radius 2 is 2.23 bits per heavy atom. The van der Waals surface area contributed by atoms with E-state index in [0.717, 1.165) is 35.0 Å². The summed E-state index contributed by atoms with van der Waals surface area (Å²) in [5.41, 5.74) is 0. The molecule has 22 heavy (non-hydrogen) atoms. The van der Waals surface area contributed by atoms with Crippen LogP contribution in [-0.4, -0.2) is 31.0 Å². The van der Waals surface area contributed by atoms with Gasteiger partial charge in [-0.1, -0.05) is 0 Å². The quantitative estimate of drug-likeness (QED) is 0.366. The van der Waals surface area contributed by atoms with Crippen LogP contribution in [0, 0.1) is 0 Å². The average molecular weight is 498 g/mol. The van der Waals surface area contributed by atoms with Crippen LogP contribution in [0.3, 0.4) is 0 Å². The number of nitrogens with one attached hydrogen (secondary N) is 1. The number of rotatable bonds is 6. The van der Waals surface area contributed by atoms with Gasteiger partial charge < -0.3 is 14.6 Å². The van der Waals surface area contributed by atoms with Crippen molar-refractivity contribution in [3.8, 4) is 0 Å². The summed E-state index contributed by atoms with van der Waals surface area (Å²) in [4.78, 5) is 8.10. The van der Waals surface area contributed by atoms with Crippen molar-refractivity contribution in [1.82, 2.24) is 10.2 Å². The Bertz CT molecular complexity index is 571. The van der Waals surface area contributed by atoms with E-state index in [1.807, 2.05) is 12.1 Å². The molecule has 122 valence electrons. The van der Waals surface area contributed by atoms with Crippen LogP contribution in [0.15, 0.2) is 43.7 Å². The van der Waals surface area contributed by atoms with Crippen molar-refractivity contribution >= 4 is 57.2 Å². The maximum atomic E-state index is 5.33. The van der Waals surface area contributed by atoms with E-state index in [-0.39, 0.29) is 24.0 Å². The predicted octanol–water partition coefficient (Wildman–Crippen LogP) is 4.36. The van der Waals surface area contributed by atoms with Crippen LogP contribution in [0.1, 0.15) is 17.6 Å². The minimum Gasteiger partial charge on any atom is -0.469 e. The molecular weight excluding hydrogens is 477 g/mol. The summed E-state index contributed by atoms with van der Waals surface area (Å²) in [6.07, 6.45) is 2.52. The fraction of sp³-hybridized carbons (Fsp3) is 0.400. The first-order chi connectivity index (χ1) is 10.2. The van der Waals surface area contributed by atoms with Crippen LogP contribution in [0.2, 0.25) is 0 Å². The molecule has 0 saturated heterocycles. The molecule has 0 aliphatic carbocycles. The molecule has 0 amide bonds. The number of hydrogen-bond donors (Lipinski definition) is 1. The smallest absolute Gasteiger partial charge is 0.193 e. The summed E-state index contributed by atoms with van der Waals surface area (Å²) in [6.45, 7) is 4.51. The summed E-state index contributed by atoms with van der Waals surface area (Å²) in [5.74, 6) is 1.90. The van der Waals surface area contributed by atoms with Gasteiger partial charge in [0.2, 0.25) is 0 Å². The van der Waals surface area contributed by atoms with E-state index in [1.165, 1.54) is 4.88 Å². The molecule has 0 bridgehead atoms. The Morgan fingerprint density at radius 3 is 2.82 bits per heavy atom. The highest BCUT2D eigenvalue weighted by Gasteiger charge is 2.08. The summed E-state index contributed by atoms with van der Waals surface area (Å²) in [6, 6.07) is 8.10. The third kappa shape index (κ3) is 6.29. The molecule has 0 atom stereocenters. The molecule has 2 aromatic heterocycles. The number of hydrogen-bond acceptors (Lipinski definition) is 3. The Hall–Kier alpha value is -0.540. The third-order valence-electron chi connectivity index (χ3n) is 2.92. The Labute approximate surface area is 161 Å². The maximum absolute atomic E-state index is 5.33. The second-order valence-corrected chi connectivity index (χ2v) is 7.17. The number of furan rings is 1. The van der Waals surface area contributed by atoms with Crippen molar-refractivity contribution in [2.45, 2.75) is 19.9 Å². The van der Waals surface area contributed by atoms with E-state index in [4.69, 9.17) is 4.42 Å². The lowest BCUT2D eigenvalue weighted by Crippen LogP contribution is -2.38. The van der Waals surface area contributed by atoms with Gasteiger partial charge in [0, 0.05) is 31.4 Å². The lowest BCUT2D eigenvalue weighted by atomic mass is 10.3. The monoisotopic (exact) mass is 497 g/mol. The molecule has 0 aliphatic heterocycles. The van der Waals surface area contributed by atoms with Gasteiger partial charge in [-0.15, -0.1) is 35.3 Å². The maximum Gasteiger partial charge on any atom is 0.193 e. The van der Waals surface area contributed by atoms with Crippen molar-refractivity contribution in [3.05, 3.63) is 45.0 Å². The van der Waals surface area contributed by atoms with Crippen molar-refractivity contribution < 1.29 is 4.42 Å². The second-order valence-electron chi connectivity index (χ2n) is 4.63. The molecule has 2 rings (SSSR count). The summed E-state index contributed by atoms with van der Waals surface area (Å²) >= 11 is 5.25. The molecule has 0 radical (unpaired) electrons. The van der Waals surface area contributed by atoms with Gasteiger partial charge in [-0.05, 0) is 47.1 Å². The van der Waals surface area contributed by atoms with Gasteiger partial charge in [-0.25, -0.2) is 0 Å². The standard InChI is InChI=1S/C15H20BrN3OS.HI/c1-3-17-15(18-9-8-12-5-4-10-20-12)19(2)11-13-6-7-14(16)21-13;/h4-7,10H,3,8-9,11H2,1-2H3,(H,17,18);1H.